The van der Waals surface area contributed by atoms with Gasteiger partial charge in [-0.25, -0.2) is 23.0 Å². The van der Waals surface area contributed by atoms with Crippen LogP contribution in [0.25, 0.3) is 27.9 Å². The van der Waals surface area contributed by atoms with E-state index in [0.29, 0.717) is 22.7 Å². The number of hydrogen-bond acceptors (Lipinski definition) is 7. The summed E-state index contributed by atoms with van der Waals surface area (Å²) in [6.07, 6.45) is 0. The van der Waals surface area contributed by atoms with Crippen LogP contribution in [-0.2, 0) is 10.0 Å². The topological polar surface area (TPSA) is 147 Å². The van der Waals surface area contributed by atoms with Gasteiger partial charge < -0.3 is 14.5 Å². The zero-order chi connectivity index (χ0) is 26.7. The van der Waals surface area contributed by atoms with Crippen LogP contribution >= 0.6 is 0 Å². The van der Waals surface area contributed by atoms with Crippen molar-refractivity contribution in [3.05, 3.63) is 107 Å². The number of hydrogen-bond donors (Lipinski definition) is 2. The first-order valence-electron chi connectivity index (χ1n) is 11.5. The van der Waals surface area contributed by atoms with Gasteiger partial charge in [0.05, 0.1) is 22.8 Å². The molecule has 0 aliphatic carbocycles. The van der Waals surface area contributed by atoms with Crippen LogP contribution < -0.4 is 20.8 Å². The molecule has 0 saturated carbocycles. The number of nitrogens with one attached hydrogen (secondary N) is 1. The molecule has 0 bridgehead atoms. The van der Waals surface area contributed by atoms with Crippen molar-refractivity contribution in [1.82, 2.24) is 15.1 Å². The first kappa shape index (κ1) is 24.9. The Morgan fingerprint density at radius 3 is 2.45 bits per heavy atom. The van der Waals surface area contributed by atoms with Crippen molar-refractivity contribution in [3.63, 3.8) is 0 Å². The minimum atomic E-state index is -3.84. The molecular formula is C27H22N4O6S. The first-order valence-corrected chi connectivity index (χ1v) is 13.1. The van der Waals surface area contributed by atoms with Gasteiger partial charge in [-0.2, -0.15) is 5.10 Å². The predicted octanol–water partition coefficient (Wildman–Crippen LogP) is 3.10. The Labute approximate surface area is 217 Å². The zero-order valence-electron chi connectivity index (χ0n) is 19.9. The van der Waals surface area contributed by atoms with Crippen molar-refractivity contribution in [2.45, 2.75) is 4.90 Å². The summed E-state index contributed by atoms with van der Waals surface area (Å²) in [7, 11) is -3.84. The lowest BCUT2D eigenvalue weighted by Crippen LogP contribution is -2.28. The summed E-state index contributed by atoms with van der Waals surface area (Å²) >= 11 is 0. The van der Waals surface area contributed by atoms with E-state index in [4.69, 9.17) is 14.3 Å². The highest BCUT2D eigenvalue weighted by Gasteiger charge is 2.17. The number of carbonyl (C=O) groups excluding carboxylic acids is 1. The summed E-state index contributed by atoms with van der Waals surface area (Å²) in [6, 6.07) is 25.1. The van der Waals surface area contributed by atoms with Crippen molar-refractivity contribution in [1.29, 1.82) is 0 Å². The SMILES string of the molecule is NS(=O)(=O)c1ccc(-n2nc(C(=O)NCCOc3ccc4ccc(=O)oc4c3)cc2-c2ccccc2)cc1. The highest BCUT2D eigenvalue weighted by molar-refractivity contribution is 7.89. The lowest BCUT2D eigenvalue weighted by molar-refractivity contribution is 0.0941. The molecule has 0 unspecified atom stereocenters. The fourth-order valence-electron chi connectivity index (χ4n) is 3.84. The van der Waals surface area contributed by atoms with Crippen molar-refractivity contribution in [2.24, 2.45) is 5.14 Å². The Hall–Kier alpha value is -4.74. The Bertz CT molecular complexity index is 1780. The van der Waals surface area contributed by atoms with Gasteiger partial charge in [-0.1, -0.05) is 30.3 Å². The number of fused-ring (bicyclic) bond motifs is 1. The van der Waals surface area contributed by atoms with E-state index in [9.17, 15) is 18.0 Å². The molecular weight excluding hydrogens is 508 g/mol. The van der Waals surface area contributed by atoms with Gasteiger partial charge in [0.2, 0.25) is 10.0 Å². The van der Waals surface area contributed by atoms with Crippen LogP contribution in [0.5, 0.6) is 5.75 Å². The Kier molecular flexibility index (Phi) is 6.77. The van der Waals surface area contributed by atoms with Crippen LogP contribution in [0.3, 0.4) is 0 Å². The van der Waals surface area contributed by atoms with E-state index < -0.39 is 21.6 Å². The molecule has 0 spiro atoms. The van der Waals surface area contributed by atoms with Crippen molar-refractivity contribution < 1.29 is 22.4 Å². The average molecular weight is 531 g/mol. The van der Waals surface area contributed by atoms with E-state index in [1.807, 2.05) is 30.3 Å². The second-order valence-corrected chi connectivity index (χ2v) is 9.85. The monoisotopic (exact) mass is 530 g/mol. The highest BCUT2D eigenvalue weighted by Crippen LogP contribution is 2.25. The van der Waals surface area contributed by atoms with Gasteiger partial charge in [-0.15, -0.1) is 0 Å². The lowest BCUT2D eigenvalue weighted by atomic mass is 10.1. The molecule has 0 saturated heterocycles. The van der Waals surface area contributed by atoms with Crippen LogP contribution in [0, 0.1) is 0 Å². The van der Waals surface area contributed by atoms with E-state index in [0.717, 1.165) is 10.9 Å². The fourth-order valence-corrected chi connectivity index (χ4v) is 4.35. The largest absolute Gasteiger partial charge is 0.492 e. The fraction of sp³-hybridized carbons (Fsp3) is 0.0741. The molecule has 3 N–H and O–H groups in total. The number of nitrogens with two attached hydrogens (primary N) is 1. The molecule has 5 aromatic rings. The van der Waals surface area contributed by atoms with Crippen LogP contribution in [-0.4, -0.2) is 37.3 Å². The number of rotatable bonds is 8. The van der Waals surface area contributed by atoms with Gasteiger partial charge in [0, 0.05) is 23.1 Å². The van der Waals surface area contributed by atoms with E-state index in [1.165, 1.54) is 18.2 Å². The van der Waals surface area contributed by atoms with Gasteiger partial charge in [0.15, 0.2) is 5.69 Å². The molecule has 10 nitrogen and oxygen atoms in total. The standard InChI is InChI=1S/C27H22N4O6S/c28-38(34,35)22-11-8-20(9-12-22)31-24(18-4-2-1-3-5-18)17-23(30-31)27(33)29-14-15-36-21-10-6-19-7-13-26(32)37-25(19)16-21/h1-13,16-17H,14-15H2,(H,29,33)(H2,28,34,35). The molecule has 0 atom stereocenters. The molecule has 0 aliphatic rings. The van der Waals surface area contributed by atoms with Gasteiger partial charge in [-0.3, -0.25) is 4.79 Å². The Balaban J connectivity index is 1.31. The minimum absolute atomic E-state index is 0.0267. The maximum Gasteiger partial charge on any atom is 0.336 e. The van der Waals surface area contributed by atoms with Crippen molar-refractivity contribution in [2.75, 3.05) is 13.2 Å². The van der Waals surface area contributed by atoms with Crippen molar-refractivity contribution >= 4 is 26.9 Å². The van der Waals surface area contributed by atoms with Crippen LogP contribution in [0.1, 0.15) is 10.5 Å². The van der Waals surface area contributed by atoms with Crippen LogP contribution in [0.2, 0.25) is 0 Å². The number of carbonyl (C=O) groups is 1. The normalized spacial score (nSPS) is 11.4. The third kappa shape index (κ3) is 5.48. The third-order valence-electron chi connectivity index (χ3n) is 5.67. The summed E-state index contributed by atoms with van der Waals surface area (Å²) in [4.78, 5) is 24.3. The predicted molar refractivity (Wildman–Crippen MR) is 141 cm³/mol. The average Bonchev–Trinajstić information content (AvgIpc) is 3.37. The number of nitrogens with zero attached hydrogens (tertiary/aromatic N) is 2. The number of ether oxygens (including phenoxy) is 1. The molecule has 0 radical (unpaired) electrons. The molecule has 2 heterocycles. The van der Waals surface area contributed by atoms with Crippen LogP contribution in [0.15, 0.2) is 105 Å². The van der Waals surface area contributed by atoms with Gasteiger partial charge in [-0.05, 0) is 48.5 Å². The highest BCUT2D eigenvalue weighted by atomic mass is 32.2. The Morgan fingerprint density at radius 2 is 1.71 bits per heavy atom. The summed E-state index contributed by atoms with van der Waals surface area (Å²) in [5, 5.41) is 13.2. The molecule has 11 heteroatoms. The summed E-state index contributed by atoms with van der Waals surface area (Å²) < 4.78 is 35.7. The van der Waals surface area contributed by atoms with E-state index >= 15 is 0 Å². The molecule has 38 heavy (non-hydrogen) atoms. The maximum absolute atomic E-state index is 12.9. The second kappa shape index (κ2) is 10.3. The minimum Gasteiger partial charge on any atom is -0.492 e. The maximum atomic E-state index is 12.9. The molecule has 2 aromatic heterocycles. The summed E-state index contributed by atoms with van der Waals surface area (Å²) in [5.74, 6) is 0.0925. The van der Waals surface area contributed by atoms with Gasteiger partial charge >= 0.3 is 5.63 Å². The molecule has 1 amide bonds. The van der Waals surface area contributed by atoms with Gasteiger partial charge in [0.1, 0.15) is 17.9 Å². The van der Waals surface area contributed by atoms with E-state index in [-0.39, 0.29) is 23.7 Å². The summed E-state index contributed by atoms with van der Waals surface area (Å²) in [6.45, 7) is 0.377. The molecule has 192 valence electrons. The molecule has 5 rings (SSSR count). The number of amides is 1. The molecule has 0 fully saturated rings. The number of benzene rings is 3. The quantitative estimate of drug-likeness (QED) is 0.231. The number of primary sulfonamides is 1. The van der Waals surface area contributed by atoms with Gasteiger partial charge in [0.25, 0.3) is 5.91 Å². The van der Waals surface area contributed by atoms with Crippen molar-refractivity contribution in [3.8, 4) is 22.7 Å². The van der Waals surface area contributed by atoms with E-state index in [2.05, 4.69) is 10.4 Å². The number of sulfonamides is 1. The van der Waals surface area contributed by atoms with E-state index in [1.54, 1.807) is 47.1 Å². The Morgan fingerprint density at radius 1 is 0.974 bits per heavy atom. The third-order valence-corrected chi connectivity index (χ3v) is 6.60. The number of aromatic nitrogens is 2. The second-order valence-electron chi connectivity index (χ2n) is 8.29. The lowest BCUT2D eigenvalue weighted by Gasteiger charge is -2.08. The molecule has 0 aliphatic heterocycles. The first-order chi connectivity index (χ1) is 18.3. The smallest absolute Gasteiger partial charge is 0.336 e. The summed E-state index contributed by atoms with van der Waals surface area (Å²) in [5.41, 5.74) is 2.16. The molecule has 3 aromatic carbocycles. The van der Waals surface area contributed by atoms with Crippen LogP contribution in [0.4, 0.5) is 0 Å². The zero-order valence-corrected chi connectivity index (χ0v) is 20.7.